The zero-order chi connectivity index (χ0) is 17.8. The lowest BCUT2D eigenvalue weighted by molar-refractivity contribution is 0.519. The largest absolute Gasteiger partial charge is 0.241 e. The van der Waals surface area contributed by atoms with Crippen molar-refractivity contribution in [3.8, 4) is 23.1 Å². The molecule has 4 aromatic rings. The van der Waals surface area contributed by atoms with Crippen LogP contribution < -0.4 is 0 Å². The van der Waals surface area contributed by atoms with E-state index in [1.54, 1.807) is 4.68 Å². The molecule has 0 aliphatic rings. The highest BCUT2D eigenvalue weighted by Crippen LogP contribution is 2.22. The Bertz CT molecular complexity index is 1060. The quantitative estimate of drug-likeness (QED) is 0.579. The molecule has 7 nitrogen and oxygen atoms in total. The second-order valence-electron chi connectivity index (χ2n) is 5.69. The van der Waals surface area contributed by atoms with E-state index in [4.69, 9.17) is 0 Å². The summed E-state index contributed by atoms with van der Waals surface area (Å²) in [5, 5.41) is 22.5. The highest BCUT2D eigenvalue weighted by atomic mass is 15.5. The van der Waals surface area contributed by atoms with Gasteiger partial charge in [-0.1, -0.05) is 58.7 Å². The molecule has 0 aliphatic carbocycles. The Kier molecular flexibility index (Phi) is 4.23. The first kappa shape index (κ1) is 15.7. The first-order valence-corrected chi connectivity index (χ1v) is 8.13. The van der Waals surface area contributed by atoms with Crippen LogP contribution in [0.2, 0.25) is 0 Å². The molecule has 0 spiro atoms. The Morgan fingerprint density at radius 3 is 2.58 bits per heavy atom. The molecule has 0 aliphatic heterocycles. The summed E-state index contributed by atoms with van der Waals surface area (Å²) in [5.74, 6) is 6.97. The van der Waals surface area contributed by atoms with Gasteiger partial charge in [-0.25, -0.2) is 4.68 Å². The molecule has 26 heavy (non-hydrogen) atoms. The predicted molar refractivity (Wildman–Crippen MR) is 95.9 cm³/mol. The number of H-pyrrole nitrogens is 1. The van der Waals surface area contributed by atoms with Gasteiger partial charge >= 0.3 is 0 Å². The van der Waals surface area contributed by atoms with Gasteiger partial charge in [-0.3, -0.25) is 0 Å². The average molecular weight is 341 g/mol. The maximum atomic E-state index is 4.29. The van der Waals surface area contributed by atoms with Crippen LogP contribution in [0.1, 0.15) is 29.9 Å². The first-order chi connectivity index (χ1) is 12.8. The maximum Gasteiger partial charge on any atom is 0.198 e. The molecule has 0 radical (unpaired) electrons. The third-order valence-corrected chi connectivity index (χ3v) is 3.96. The number of benzene rings is 2. The topological polar surface area (TPSA) is 85.2 Å². The number of tetrazole rings is 1. The van der Waals surface area contributed by atoms with Crippen molar-refractivity contribution in [3.05, 3.63) is 77.7 Å². The molecule has 7 heteroatoms. The van der Waals surface area contributed by atoms with Gasteiger partial charge in [0.05, 0.1) is 6.20 Å². The van der Waals surface area contributed by atoms with Crippen LogP contribution in [0.5, 0.6) is 0 Å². The van der Waals surface area contributed by atoms with E-state index in [1.807, 2.05) is 67.7 Å². The number of rotatable bonds is 3. The van der Waals surface area contributed by atoms with Gasteiger partial charge in [0.1, 0.15) is 11.7 Å². The van der Waals surface area contributed by atoms with Crippen LogP contribution >= 0.6 is 0 Å². The summed E-state index contributed by atoms with van der Waals surface area (Å²) >= 11 is 0. The van der Waals surface area contributed by atoms with Crippen molar-refractivity contribution in [2.75, 3.05) is 0 Å². The lowest BCUT2D eigenvalue weighted by Crippen LogP contribution is -2.09. The van der Waals surface area contributed by atoms with E-state index < -0.39 is 0 Å². The molecule has 0 saturated carbocycles. The predicted octanol–water partition coefficient (Wildman–Crippen LogP) is 2.47. The zero-order valence-electron chi connectivity index (χ0n) is 14.0. The summed E-state index contributed by atoms with van der Waals surface area (Å²) in [7, 11) is 0. The molecule has 126 valence electrons. The monoisotopic (exact) mass is 341 g/mol. The fraction of sp³-hybridized carbons (Fsp3) is 0.105. The van der Waals surface area contributed by atoms with E-state index in [0.717, 1.165) is 22.4 Å². The van der Waals surface area contributed by atoms with E-state index in [2.05, 4.69) is 42.8 Å². The Labute approximate surface area is 150 Å². The van der Waals surface area contributed by atoms with Gasteiger partial charge in [-0.15, -0.1) is 15.3 Å². The maximum absolute atomic E-state index is 4.29. The summed E-state index contributed by atoms with van der Waals surface area (Å²) in [6, 6.07) is 17.6. The van der Waals surface area contributed by atoms with Crippen LogP contribution in [0.25, 0.3) is 11.3 Å². The van der Waals surface area contributed by atoms with Gasteiger partial charge in [0, 0.05) is 16.7 Å². The summed E-state index contributed by atoms with van der Waals surface area (Å²) < 4.78 is 1.71. The minimum atomic E-state index is -0.169. The molecule has 0 fully saturated rings. The molecular weight excluding hydrogens is 326 g/mol. The van der Waals surface area contributed by atoms with Gasteiger partial charge in [0.15, 0.2) is 5.82 Å². The molecular formula is C19H15N7. The fourth-order valence-electron chi connectivity index (χ4n) is 2.53. The van der Waals surface area contributed by atoms with Crippen molar-refractivity contribution in [3.63, 3.8) is 0 Å². The van der Waals surface area contributed by atoms with Gasteiger partial charge in [0.25, 0.3) is 0 Å². The fourth-order valence-corrected chi connectivity index (χ4v) is 2.53. The number of aromatic amines is 1. The van der Waals surface area contributed by atoms with Crippen LogP contribution in [0.15, 0.2) is 60.8 Å². The summed E-state index contributed by atoms with van der Waals surface area (Å²) in [5.41, 5.74) is 3.55. The van der Waals surface area contributed by atoms with Crippen LogP contribution in [0.4, 0.5) is 0 Å². The molecule has 0 bridgehead atoms. The van der Waals surface area contributed by atoms with Crippen LogP contribution in [-0.2, 0) is 0 Å². The van der Waals surface area contributed by atoms with Crippen molar-refractivity contribution < 1.29 is 0 Å². The Morgan fingerprint density at radius 2 is 1.77 bits per heavy atom. The smallest absolute Gasteiger partial charge is 0.198 e. The number of hydrogen-bond acceptors (Lipinski definition) is 5. The summed E-state index contributed by atoms with van der Waals surface area (Å²) in [4.78, 5) is 0. The van der Waals surface area contributed by atoms with Gasteiger partial charge < -0.3 is 0 Å². The van der Waals surface area contributed by atoms with Crippen molar-refractivity contribution in [1.29, 1.82) is 0 Å². The van der Waals surface area contributed by atoms with Crippen LogP contribution in [0, 0.1) is 11.8 Å². The van der Waals surface area contributed by atoms with Crippen molar-refractivity contribution in [2.24, 2.45) is 0 Å². The molecule has 1 atom stereocenters. The van der Waals surface area contributed by atoms with Crippen molar-refractivity contribution in [1.82, 2.24) is 35.6 Å². The molecule has 0 saturated heterocycles. The van der Waals surface area contributed by atoms with Crippen molar-refractivity contribution in [2.45, 2.75) is 13.0 Å². The minimum Gasteiger partial charge on any atom is -0.241 e. The second-order valence-corrected chi connectivity index (χ2v) is 5.69. The Balaban J connectivity index is 1.66. The van der Waals surface area contributed by atoms with Crippen molar-refractivity contribution >= 4 is 0 Å². The third kappa shape index (κ3) is 3.21. The number of nitrogens with one attached hydrogen (secondary N) is 1. The third-order valence-electron chi connectivity index (χ3n) is 3.96. The van der Waals surface area contributed by atoms with Gasteiger partial charge in [0.2, 0.25) is 0 Å². The lowest BCUT2D eigenvalue weighted by atomic mass is 10.0. The Hall–Kier alpha value is -3.79. The molecule has 1 N–H and O–H groups in total. The molecule has 0 unspecified atom stereocenters. The summed E-state index contributed by atoms with van der Waals surface area (Å²) in [6.45, 7) is 1.93. The summed E-state index contributed by atoms with van der Waals surface area (Å²) in [6.07, 6.45) is 1.87. The lowest BCUT2D eigenvalue weighted by Gasteiger charge is -2.05. The zero-order valence-corrected chi connectivity index (χ0v) is 14.0. The van der Waals surface area contributed by atoms with E-state index in [-0.39, 0.29) is 6.04 Å². The van der Waals surface area contributed by atoms with E-state index in [1.165, 1.54) is 0 Å². The highest BCUT2D eigenvalue weighted by molar-refractivity contribution is 5.67. The molecule has 2 heterocycles. The SMILES string of the molecule is C[C@@H](c1nn[nH]n1)n1cc(-c2ccccc2C#Cc2ccccc2)nn1. The molecule has 2 aromatic heterocycles. The second kappa shape index (κ2) is 6.99. The minimum absolute atomic E-state index is 0.169. The normalized spacial score (nSPS) is 11.6. The average Bonchev–Trinajstić information content (AvgIpc) is 3.39. The Morgan fingerprint density at radius 1 is 0.962 bits per heavy atom. The molecule has 4 rings (SSSR count). The van der Waals surface area contributed by atoms with Crippen LogP contribution in [0.3, 0.4) is 0 Å². The first-order valence-electron chi connectivity index (χ1n) is 8.13. The van der Waals surface area contributed by atoms with Gasteiger partial charge in [-0.2, -0.15) is 5.21 Å². The van der Waals surface area contributed by atoms with Crippen LogP contribution in [-0.4, -0.2) is 35.6 Å². The number of nitrogens with zero attached hydrogens (tertiary/aromatic N) is 6. The van der Waals surface area contributed by atoms with E-state index >= 15 is 0 Å². The molecule has 2 aromatic carbocycles. The molecule has 0 amide bonds. The van der Waals surface area contributed by atoms with Gasteiger partial charge in [-0.05, 0) is 25.1 Å². The van der Waals surface area contributed by atoms with E-state index in [9.17, 15) is 0 Å². The number of hydrogen-bond donors (Lipinski definition) is 1. The highest BCUT2D eigenvalue weighted by Gasteiger charge is 2.16. The standard InChI is InChI=1S/C19H15N7/c1-14(19-21-23-24-22-19)26-13-18(20-25-26)17-10-6-5-9-16(17)12-11-15-7-3-2-4-8-15/h2-10,13-14H,1H3,(H,21,22,23,24)/t14-/m0/s1. The number of aromatic nitrogens is 7. The van der Waals surface area contributed by atoms with E-state index in [0.29, 0.717) is 5.82 Å².